The van der Waals surface area contributed by atoms with Crippen molar-refractivity contribution in [2.75, 3.05) is 6.61 Å². The first-order valence-corrected chi connectivity index (χ1v) is 12.9. The van der Waals surface area contributed by atoms with E-state index in [0.29, 0.717) is 23.6 Å². The summed E-state index contributed by atoms with van der Waals surface area (Å²) in [6.45, 7) is 0.251. The molecule has 3 aromatic carbocycles. The van der Waals surface area contributed by atoms with E-state index in [-0.39, 0.29) is 19.1 Å². The Bertz CT molecular complexity index is 1370. The first-order valence-electron chi connectivity index (χ1n) is 12.9. The summed E-state index contributed by atoms with van der Waals surface area (Å²) in [5, 5.41) is 20.4. The van der Waals surface area contributed by atoms with Crippen LogP contribution in [0, 0.1) is 0 Å². The summed E-state index contributed by atoms with van der Waals surface area (Å²) < 4.78 is 31.0. The van der Waals surface area contributed by atoms with Crippen molar-refractivity contribution in [3.63, 3.8) is 0 Å². The van der Waals surface area contributed by atoms with E-state index in [1.165, 1.54) is 0 Å². The van der Waals surface area contributed by atoms with E-state index in [4.69, 9.17) is 28.7 Å². The van der Waals surface area contributed by atoms with E-state index in [0.717, 1.165) is 11.1 Å². The first kappa shape index (κ1) is 25.5. The molecule has 0 radical (unpaired) electrons. The maximum atomic E-state index is 10.8. The monoisotopic (exact) mass is 527 g/mol. The van der Waals surface area contributed by atoms with Crippen molar-refractivity contribution in [1.29, 1.82) is 0 Å². The number of pyridine rings is 1. The van der Waals surface area contributed by atoms with Crippen LogP contribution in [0.1, 0.15) is 22.3 Å². The molecule has 2 aliphatic rings. The highest BCUT2D eigenvalue weighted by atomic mass is 16.8. The number of aromatic nitrogens is 1. The van der Waals surface area contributed by atoms with Gasteiger partial charge in [0.2, 0.25) is 17.5 Å². The maximum absolute atomic E-state index is 10.8. The quantitative estimate of drug-likeness (QED) is 0.338. The number of rotatable bonds is 9. The second-order valence-electron chi connectivity index (χ2n) is 9.45. The van der Waals surface area contributed by atoms with Gasteiger partial charge in [0.1, 0.15) is 31.5 Å². The molecule has 0 amide bonds. The van der Waals surface area contributed by atoms with Crippen molar-refractivity contribution in [2.24, 2.45) is 0 Å². The van der Waals surface area contributed by atoms with Crippen molar-refractivity contribution in [2.45, 2.75) is 43.6 Å². The molecule has 39 heavy (non-hydrogen) atoms. The van der Waals surface area contributed by atoms with Crippen molar-refractivity contribution < 1.29 is 33.9 Å². The standard InChI is InChI=1S/C31H29NO7/c33-18-25-27(34)28-30(37-25)39-31(38-28,23-14-8-3-9-15-23)24-16-17-26(35-19-21-10-4-1-5-11-21)32-29(24)36-20-22-12-6-2-7-13-22/h1-17,25,27-28,30,33-34H,18-20H2/t25-,27+,28-,30+,31-/m0/s1. The lowest BCUT2D eigenvalue weighted by Gasteiger charge is -2.32. The number of aliphatic hydroxyl groups excluding tert-OH is 2. The van der Waals surface area contributed by atoms with E-state index in [2.05, 4.69) is 0 Å². The summed E-state index contributed by atoms with van der Waals surface area (Å²) in [7, 11) is 0. The molecule has 0 saturated carbocycles. The average Bonchev–Trinajstić information content (AvgIpc) is 3.52. The molecular weight excluding hydrogens is 498 g/mol. The summed E-state index contributed by atoms with van der Waals surface area (Å²) in [5.74, 6) is -0.834. The molecule has 3 heterocycles. The van der Waals surface area contributed by atoms with Crippen LogP contribution in [0.2, 0.25) is 0 Å². The normalized spacial score (nSPS) is 25.8. The lowest BCUT2D eigenvalue weighted by Crippen LogP contribution is -2.38. The second kappa shape index (κ2) is 11.1. The van der Waals surface area contributed by atoms with Crippen LogP contribution in [0.5, 0.6) is 11.8 Å². The second-order valence-corrected chi connectivity index (χ2v) is 9.45. The van der Waals surface area contributed by atoms with Crippen LogP contribution in [-0.2, 0) is 33.2 Å². The zero-order chi connectivity index (χ0) is 26.7. The summed E-state index contributed by atoms with van der Waals surface area (Å²) in [5.41, 5.74) is 3.16. The molecule has 0 spiro atoms. The lowest BCUT2D eigenvalue weighted by molar-refractivity contribution is -0.222. The van der Waals surface area contributed by atoms with Gasteiger partial charge in [0.05, 0.1) is 12.2 Å². The van der Waals surface area contributed by atoms with Gasteiger partial charge >= 0.3 is 0 Å². The van der Waals surface area contributed by atoms with Gasteiger partial charge in [0.25, 0.3) is 0 Å². The van der Waals surface area contributed by atoms with Crippen LogP contribution in [0.4, 0.5) is 0 Å². The van der Waals surface area contributed by atoms with E-state index >= 15 is 0 Å². The van der Waals surface area contributed by atoms with E-state index in [1.54, 1.807) is 12.1 Å². The number of hydrogen-bond donors (Lipinski definition) is 2. The Morgan fingerprint density at radius 1 is 0.744 bits per heavy atom. The number of fused-ring (bicyclic) bond motifs is 1. The molecule has 200 valence electrons. The molecule has 0 bridgehead atoms. The molecular formula is C31H29NO7. The highest BCUT2D eigenvalue weighted by Gasteiger charge is 2.59. The summed E-state index contributed by atoms with van der Waals surface area (Å²) in [6.07, 6.45) is -3.58. The molecule has 8 nitrogen and oxygen atoms in total. The van der Waals surface area contributed by atoms with Gasteiger partial charge in [-0.15, -0.1) is 0 Å². The molecule has 2 aliphatic heterocycles. The minimum Gasteiger partial charge on any atom is -0.473 e. The molecule has 8 heteroatoms. The Morgan fingerprint density at radius 2 is 1.36 bits per heavy atom. The van der Waals surface area contributed by atoms with Crippen molar-refractivity contribution in [1.82, 2.24) is 4.98 Å². The Morgan fingerprint density at radius 3 is 1.97 bits per heavy atom. The van der Waals surface area contributed by atoms with Gasteiger partial charge in [-0.1, -0.05) is 91.0 Å². The number of ether oxygens (including phenoxy) is 5. The molecule has 5 atom stereocenters. The fourth-order valence-electron chi connectivity index (χ4n) is 4.85. The highest BCUT2D eigenvalue weighted by Crippen LogP contribution is 2.49. The summed E-state index contributed by atoms with van der Waals surface area (Å²) >= 11 is 0. The number of benzene rings is 3. The first-order chi connectivity index (χ1) is 19.2. The van der Waals surface area contributed by atoms with Gasteiger partial charge in [-0.3, -0.25) is 0 Å². The van der Waals surface area contributed by atoms with Crippen LogP contribution in [0.25, 0.3) is 0 Å². The Labute approximate surface area is 226 Å². The van der Waals surface area contributed by atoms with Crippen LogP contribution in [0.15, 0.2) is 103 Å². The SMILES string of the molecule is OC[C@@H]1O[C@@H]2O[C@@](c3ccccc3)(c3ccc(OCc4ccccc4)nc3OCc3ccccc3)O[C@H]2[C@@H]1O. The highest BCUT2D eigenvalue weighted by molar-refractivity contribution is 5.42. The molecule has 2 fully saturated rings. The zero-order valence-corrected chi connectivity index (χ0v) is 21.1. The van der Waals surface area contributed by atoms with Gasteiger partial charge in [-0.05, 0) is 17.2 Å². The lowest BCUT2D eigenvalue weighted by atomic mass is 9.98. The summed E-state index contributed by atoms with van der Waals surface area (Å²) in [6, 6.07) is 32.5. The topological polar surface area (TPSA) is 99.5 Å². The summed E-state index contributed by atoms with van der Waals surface area (Å²) in [4.78, 5) is 4.71. The third-order valence-electron chi connectivity index (χ3n) is 6.85. The van der Waals surface area contributed by atoms with Crippen LogP contribution in [0.3, 0.4) is 0 Å². The Kier molecular flexibility index (Phi) is 7.28. The minimum absolute atomic E-state index is 0.256. The van der Waals surface area contributed by atoms with Crippen molar-refractivity contribution >= 4 is 0 Å². The Hall–Kier alpha value is -3.79. The van der Waals surface area contributed by atoms with Crippen LogP contribution in [-0.4, -0.2) is 46.4 Å². The molecule has 2 saturated heterocycles. The smallest absolute Gasteiger partial charge is 0.230 e. The largest absolute Gasteiger partial charge is 0.473 e. The molecule has 0 aliphatic carbocycles. The van der Waals surface area contributed by atoms with Gasteiger partial charge in [0, 0.05) is 11.6 Å². The fraction of sp³-hybridized carbons (Fsp3) is 0.258. The molecule has 0 unspecified atom stereocenters. The molecule has 2 N–H and O–H groups in total. The van der Waals surface area contributed by atoms with Crippen LogP contribution < -0.4 is 9.47 Å². The predicted molar refractivity (Wildman–Crippen MR) is 141 cm³/mol. The van der Waals surface area contributed by atoms with E-state index < -0.39 is 30.4 Å². The zero-order valence-electron chi connectivity index (χ0n) is 21.1. The number of hydrogen-bond acceptors (Lipinski definition) is 8. The number of nitrogens with zero attached hydrogens (tertiary/aromatic N) is 1. The van der Waals surface area contributed by atoms with E-state index in [9.17, 15) is 10.2 Å². The number of aliphatic hydroxyl groups is 2. The predicted octanol–water partition coefficient (Wildman–Crippen LogP) is 3.93. The van der Waals surface area contributed by atoms with Gasteiger partial charge in [0.15, 0.2) is 6.29 Å². The molecule has 6 rings (SSSR count). The Balaban J connectivity index is 1.38. The van der Waals surface area contributed by atoms with Gasteiger partial charge in [-0.2, -0.15) is 4.98 Å². The van der Waals surface area contributed by atoms with Crippen LogP contribution >= 0.6 is 0 Å². The van der Waals surface area contributed by atoms with Gasteiger partial charge in [-0.25, -0.2) is 0 Å². The van der Waals surface area contributed by atoms with Crippen molar-refractivity contribution in [3.05, 3.63) is 125 Å². The van der Waals surface area contributed by atoms with Gasteiger partial charge < -0.3 is 33.9 Å². The maximum Gasteiger partial charge on any atom is 0.230 e. The third kappa shape index (κ3) is 5.13. The third-order valence-corrected chi connectivity index (χ3v) is 6.85. The average molecular weight is 528 g/mol. The van der Waals surface area contributed by atoms with Crippen molar-refractivity contribution in [3.8, 4) is 11.8 Å². The fourth-order valence-corrected chi connectivity index (χ4v) is 4.85. The van der Waals surface area contributed by atoms with E-state index in [1.807, 2.05) is 91.0 Å². The molecule has 1 aromatic heterocycles. The minimum atomic E-state index is -1.48. The molecule has 4 aromatic rings.